The van der Waals surface area contributed by atoms with Crippen molar-refractivity contribution in [2.24, 2.45) is 0 Å². The van der Waals surface area contributed by atoms with Crippen LogP contribution in [0.1, 0.15) is 30.0 Å². The number of hydrogen-bond acceptors (Lipinski definition) is 3. The van der Waals surface area contributed by atoms with Crippen LogP contribution in [0, 0.1) is 0 Å². The van der Waals surface area contributed by atoms with Crippen molar-refractivity contribution >= 4 is 21.1 Å². The van der Waals surface area contributed by atoms with Gasteiger partial charge in [-0.15, -0.1) is 0 Å². The topological polar surface area (TPSA) is 29.5 Å². The van der Waals surface area contributed by atoms with Crippen LogP contribution in [0.15, 0.2) is 84.9 Å². The standard InChI is InChI=1S/C28H35NO2S/c1-5-27(23-12-8-6-9-13-23)28(24-14-10-7-11-15-24)25-16-18-26(19-17-25)31-21-20-29(2)22-32(3,4)30/h6-19,32H,5,20-22H2,1-4H3/b28-27-. The van der Waals surface area contributed by atoms with E-state index < -0.39 is 9.93 Å². The summed E-state index contributed by atoms with van der Waals surface area (Å²) in [5.41, 5.74) is 6.23. The van der Waals surface area contributed by atoms with E-state index in [1.807, 2.05) is 31.7 Å². The maximum Gasteiger partial charge on any atom is 0.119 e. The van der Waals surface area contributed by atoms with Crippen molar-refractivity contribution in [2.75, 3.05) is 38.6 Å². The monoisotopic (exact) mass is 449 g/mol. The fourth-order valence-corrected chi connectivity index (χ4v) is 5.28. The second kappa shape index (κ2) is 11.3. The summed E-state index contributed by atoms with van der Waals surface area (Å²) in [6, 6.07) is 29.6. The summed E-state index contributed by atoms with van der Waals surface area (Å²) in [7, 11) is -0.0687. The molecule has 3 nitrogen and oxygen atoms in total. The average molecular weight is 450 g/mol. The average Bonchev–Trinajstić information content (AvgIpc) is 2.78. The Morgan fingerprint density at radius 2 is 1.34 bits per heavy atom. The van der Waals surface area contributed by atoms with Gasteiger partial charge in [-0.05, 0) is 65.9 Å². The highest BCUT2D eigenvalue weighted by Crippen LogP contribution is 2.34. The van der Waals surface area contributed by atoms with Crippen LogP contribution in [0.25, 0.3) is 11.1 Å². The normalized spacial score (nSPS) is 13.0. The first kappa shape index (κ1) is 24.0. The number of allylic oxidation sites excluding steroid dienone is 1. The molecule has 0 saturated heterocycles. The fraction of sp³-hybridized carbons (Fsp3) is 0.286. The van der Waals surface area contributed by atoms with Crippen LogP contribution in [-0.2, 0) is 9.93 Å². The Kier molecular flexibility index (Phi) is 8.43. The molecule has 0 radical (unpaired) electrons. The molecule has 0 aliphatic rings. The minimum Gasteiger partial charge on any atom is -0.492 e. The van der Waals surface area contributed by atoms with Gasteiger partial charge in [0.05, 0.1) is 5.88 Å². The van der Waals surface area contributed by atoms with Gasteiger partial charge in [0.1, 0.15) is 12.4 Å². The van der Waals surface area contributed by atoms with Gasteiger partial charge >= 0.3 is 0 Å². The molecule has 0 bridgehead atoms. The van der Waals surface area contributed by atoms with Crippen LogP contribution in [0.5, 0.6) is 5.75 Å². The molecule has 0 aliphatic heterocycles. The van der Waals surface area contributed by atoms with Crippen molar-refractivity contribution in [1.82, 2.24) is 4.90 Å². The first-order valence-corrected chi connectivity index (χ1v) is 14.0. The first-order chi connectivity index (χ1) is 15.4. The Morgan fingerprint density at radius 3 is 1.88 bits per heavy atom. The summed E-state index contributed by atoms with van der Waals surface area (Å²) < 4.78 is 17.9. The van der Waals surface area contributed by atoms with E-state index in [2.05, 4.69) is 84.6 Å². The molecule has 0 spiro atoms. The Labute approximate surface area is 194 Å². The number of thiol groups is 1. The third kappa shape index (κ3) is 6.91. The Bertz CT molecular complexity index is 1050. The maximum atomic E-state index is 12.0. The largest absolute Gasteiger partial charge is 0.492 e. The molecule has 0 fully saturated rings. The summed E-state index contributed by atoms with van der Waals surface area (Å²) in [6.07, 6.45) is 4.58. The van der Waals surface area contributed by atoms with Gasteiger partial charge in [-0.3, -0.25) is 9.11 Å². The maximum absolute atomic E-state index is 12.0. The van der Waals surface area contributed by atoms with Crippen molar-refractivity contribution in [1.29, 1.82) is 0 Å². The SMILES string of the molecule is CC/C(=C(\c1ccccc1)c1ccc(OCCN(C)C[SH](C)(C)=O)cc1)c1ccccc1. The molecule has 0 saturated carbocycles. The zero-order chi connectivity index (χ0) is 23.0. The summed E-state index contributed by atoms with van der Waals surface area (Å²) in [6.45, 7) is 3.53. The van der Waals surface area contributed by atoms with Crippen LogP contribution in [0.3, 0.4) is 0 Å². The van der Waals surface area contributed by atoms with E-state index in [1.54, 1.807) is 0 Å². The lowest BCUT2D eigenvalue weighted by molar-refractivity contribution is 0.255. The molecule has 4 heteroatoms. The van der Waals surface area contributed by atoms with Crippen molar-refractivity contribution in [3.05, 3.63) is 102 Å². The fourth-order valence-electron chi connectivity index (χ4n) is 3.97. The third-order valence-corrected chi connectivity index (χ3v) is 6.47. The van der Waals surface area contributed by atoms with Crippen LogP contribution >= 0.6 is 0 Å². The quantitative estimate of drug-likeness (QED) is 0.323. The van der Waals surface area contributed by atoms with Gasteiger partial charge < -0.3 is 4.74 Å². The number of nitrogens with zero attached hydrogens (tertiary/aromatic N) is 1. The molecular formula is C28H35NO2S. The summed E-state index contributed by atoms with van der Waals surface area (Å²) in [4.78, 5) is 2.07. The first-order valence-electron chi connectivity index (χ1n) is 11.2. The number of hydrogen-bond donors (Lipinski definition) is 1. The Hall–Kier alpha value is -2.69. The minimum absolute atomic E-state index is 0.571. The third-order valence-electron chi connectivity index (χ3n) is 5.31. The molecule has 3 rings (SSSR count). The molecule has 170 valence electrons. The minimum atomic E-state index is -2.05. The molecule has 3 aromatic carbocycles. The number of benzene rings is 3. The second-order valence-electron chi connectivity index (χ2n) is 8.61. The molecule has 0 aliphatic carbocycles. The smallest absolute Gasteiger partial charge is 0.119 e. The molecule has 32 heavy (non-hydrogen) atoms. The summed E-state index contributed by atoms with van der Waals surface area (Å²) >= 11 is 0. The molecule has 0 N–H and O–H groups in total. The van der Waals surface area contributed by atoms with Crippen molar-refractivity contribution in [3.8, 4) is 5.75 Å². The highest BCUT2D eigenvalue weighted by Gasteiger charge is 2.13. The van der Waals surface area contributed by atoms with Crippen LogP contribution in [0.4, 0.5) is 0 Å². The van der Waals surface area contributed by atoms with Crippen LogP contribution in [-0.4, -0.2) is 47.7 Å². The van der Waals surface area contributed by atoms with Gasteiger partial charge in [0, 0.05) is 6.54 Å². The lowest BCUT2D eigenvalue weighted by Crippen LogP contribution is -2.32. The number of rotatable bonds is 10. The van der Waals surface area contributed by atoms with E-state index in [1.165, 1.54) is 27.8 Å². The number of ether oxygens (including phenoxy) is 1. The second-order valence-corrected chi connectivity index (χ2v) is 12.0. The van der Waals surface area contributed by atoms with Crippen LogP contribution < -0.4 is 4.74 Å². The zero-order valence-electron chi connectivity index (χ0n) is 19.6. The van der Waals surface area contributed by atoms with Gasteiger partial charge in [0.2, 0.25) is 0 Å². The predicted molar refractivity (Wildman–Crippen MR) is 140 cm³/mol. The van der Waals surface area contributed by atoms with Crippen molar-refractivity contribution in [3.63, 3.8) is 0 Å². The molecule has 3 aromatic rings. The summed E-state index contributed by atoms with van der Waals surface area (Å²) in [5.74, 6) is 1.46. The van der Waals surface area contributed by atoms with Crippen molar-refractivity contribution < 1.29 is 8.95 Å². The van der Waals surface area contributed by atoms with E-state index in [-0.39, 0.29) is 0 Å². The van der Waals surface area contributed by atoms with Gasteiger partial charge in [0.25, 0.3) is 0 Å². The lowest BCUT2D eigenvalue weighted by Gasteiger charge is -2.22. The Balaban J connectivity index is 1.83. The van der Waals surface area contributed by atoms with Crippen molar-refractivity contribution in [2.45, 2.75) is 13.3 Å². The van der Waals surface area contributed by atoms with E-state index in [9.17, 15) is 4.21 Å². The van der Waals surface area contributed by atoms with E-state index in [4.69, 9.17) is 4.74 Å². The van der Waals surface area contributed by atoms with Gasteiger partial charge in [0.15, 0.2) is 0 Å². The zero-order valence-corrected chi connectivity index (χ0v) is 20.5. The lowest BCUT2D eigenvalue weighted by atomic mass is 9.88. The van der Waals surface area contributed by atoms with E-state index in [0.29, 0.717) is 12.5 Å². The molecule has 0 aromatic heterocycles. The Morgan fingerprint density at radius 1 is 0.812 bits per heavy atom. The van der Waals surface area contributed by atoms with Gasteiger partial charge in [-0.1, -0.05) is 89.7 Å². The number of likely N-dealkylation sites (N-methyl/N-ethyl adjacent to an activating group) is 1. The van der Waals surface area contributed by atoms with E-state index in [0.717, 1.165) is 18.7 Å². The summed E-state index contributed by atoms with van der Waals surface area (Å²) in [5, 5.41) is 0. The highest BCUT2D eigenvalue weighted by molar-refractivity contribution is 8.01. The van der Waals surface area contributed by atoms with E-state index >= 15 is 0 Å². The molecule has 0 unspecified atom stereocenters. The molecule has 0 atom stereocenters. The molecular weight excluding hydrogens is 414 g/mol. The highest BCUT2D eigenvalue weighted by atomic mass is 32.2. The van der Waals surface area contributed by atoms with Gasteiger partial charge in [-0.2, -0.15) is 0 Å². The molecule has 0 heterocycles. The molecule has 0 amide bonds. The van der Waals surface area contributed by atoms with Crippen LogP contribution in [0.2, 0.25) is 0 Å². The van der Waals surface area contributed by atoms with Gasteiger partial charge in [-0.25, -0.2) is 0 Å². The predicted octanol–water partition coefficient (Wildman–Crippen LogP) is 5.60.